The lowest BCUT2D eigenvalue weighted by Crippen LogP contribution is -2.35. The summed E-state index contributed by atoms with van der Waals surface area (Å²) in [5, 5.41) is 5.85. The number of amides is 1. The third-order valence-electron chi connectivity index (χ3n) is 3.40. The minimum Gasteiger partial charge on any atom is -0.462 e. The lowest BCUT2D eigenvalue weighted by molar-refractivity contribution is -0.119. The number of hydrogen-bond donors (Lipinski definition) is 2. The fourth-order valence-corrected chi connectivity index (χ4v) is 2.22. The zero-order valence-electron chi connectivity index (χ0n) is 12.8. The van der Waals surface area contributed by atoms with Gasteiger partial charge in [-0.15, -0.1) is 0 Å². The fraction of sp³-hybridized carbons (Fsp3) is 0.500. The van der Waals surface area contributed by atoms with Gasteiger partial charge in [-0.25, -0.2) is 4.79 Å². The predicted molar refractivity (Wildman–Crippen MR) is 82.9 cm³/mol. The summed E-state index contributed by atoms with van der Waals surface area (Å²) >= 11 is 0. The van der Waals surface area contributed by atoms with Crippen LogP contribution in [0.3, 0.4) is 0 Å². The van der Waals surface area contributed by atoms with Crippen molar-refractivity contribution in [1.29, 1.82) is 0 Å². The molecule has 1 aliphatic heterocycles. The average molecular weight is 306 g/mol. The van der Waals surface area contributed by atoms with Crippen LogP contribution in [0.1, 0.15) is 30.1 Å². The van der Waals surface area contributed by atoms with Gasteiger partial charge >= 0.3 is 5.97 Å². The minimum atomic E-state index is -0.344. The van der Waals surface area contributed by atoms with Crippen molar-refractivity contribution in [2.24, 2.45) is 0 Å². The van der Waals surface area contributed by atoms with Crippen LogP contribution in [0.2, 0.25) is 0 Å². The Labute approximate surface area is 130 Å². The van der Waals surface area contributed by atoms with E-state index in [2.05, 4.69) is 10.6 Å². The molecule has 2 rings (SSSR count). The molecule has 0 radical (unpaired) electrons. The summed E-state index contributed by atoms with van der Waals surface area (Å²) in [6.07, 6.45) is 2.21. The number of carbonyl (C=O) groups excluding carboxylic acids is 2. The van der Waals surface area contributed by atoms with E-state index in [1.807, 2.05) is 0 Å². The number of nitrogens with one attached hydrogen (secondary N) is 2. The van der Waals surface area contributed by atoms with E-state index in [1.165, 1.54) is 0 Å². The molecule has 1 aromatic carbocycles. The van der Waals surface area contributed by atoms with Crippen LogP contribution in [-0.2, 0) is 14.3 Å². The third-order valence-corrected chi connectivity index (χ3v) is 3.40. The summed E-state index contributed by atoms with van der Waals surface area (Å²) < 4.78 is 10.4. The van der Waals surface area contributed by atoms with E-state index in [4.69, 9.17) is 9.47 Å². The van der Waals surface area contributed by atoms with E-state index in [1.54, 1.807) is 31.2 Å². The van der Waals surface area contributed by atoms with E-state index >= 15 is 0 Å². The molecule has 1 aliphatic rings. The SMILES string of the molecule is CCOC(=O)c1ccc(NCC(=O)NCC2CCCO2)cc1. The van der Waals surface area contributed by atoms with Crippen molar-refractivity contribution < 1.29 is 19.1 Å². The third kappa shape index (κ3) is 5.04. The van der Waals surface area contributed by atoms with Gasteiger partial charge in [-0.2, -0.15) is 0 Å². The molecular formula is C16H22N2O4. The Morgan fingerprint density at radius 2 is 2.09 bits per heavy atom. The Bertz CT molecular complexity index is 495. The predicted octanol–water partition coefficient (Wildman–Crippen LogP) is 1.57. The molecule has 0 saturated carbocycles. The van der Waals surface area contributed by atoms with Crippen LogP contribution in [-0.4, -0.2) is 44.3 Å². The zero-order chi connectivity index (χ0) is 15.8. The van der Waals surface area contributed by atoms with Crippen LogP contribution in [0, 0.1) is 0 Å². The van der Waals surface area contributed by atoms with Crippen molar-refractivity contribution >= 4 is 17.6 Å². The maximum Gasteiger partial charge on any atom is 0.338 e. The first-order valence-electron chi connectivity index (χ1n) is 7.58. The molecule has 1 aromatic rings. The van der Waals surface area contributed by atoms with E-state index in [9.17, 15) is 9.59 Å². The first-order chi connectivity index (χ1) is 10.7. The van der Waals surface area contributed by atoms with Crippen molar-refractivity contribution in [3.8, 4) is 0 Å². The molecule has 0 aromatic heterocycles. The summed E-state index contributed by atoms with van der Waals surface area (Å²) in [5.74, 6) is -0.423. The molecule has 1 atom stereocenters. The maximum absolute atomic E-state index is 11.7. The van der Waals surface area contributed by atoms with E-state index in [0.717, 1.165) is 25.1 Å². The Hall–Kier alpha value is -2.08. The highest BCUT2D eigenvalue weighted by molar-refractivity contribution is 5.90. The highest BCUT2D eigenvalue weighted by Gasteiger charge is 2.15. The fourth-order valence-electron chi connectivity index (χ4n) is 2.22. The lowest BCUT2D eigenvalue weighted by atomic mass is 10.2. The van der Waals surface area contributed by atoms with Crippen molar-refractivity contribution in [3.05, 3.63) is 29.8 Å². The van der Waals surface area contributed by atoms with Gasteiger partial charge in [0.1, 0.15) is 0 Å². The Morgan fingerprint density at radius 3 is 2.73 bits per heavy atom. The molecule has 0 bridgehead atoms. The molecule has 1 saturated heterocycles. The maximum atomic E-state index is 11.7. The van der Waals surface area contributed by atoms with Crippen LogP contribution in [0.5, 0.6) is 0 Å². The quantitative estimate of drug-likeness (QED) is 0.748. The van der Waals surface area contributed by atoms with E-state index in [-0.39, 0.29) is 24.5 Å². The van der Waals surface area contributed by atoms with Crippen LogP contribution < -0.4 is 10.6 Å². The minimum absolute atomic E-state index is 0.0787. The van der Waals surface area contributed by atoms with Gasteiger partial charge in [0.25, 0.3) is 0 Å². The number of benzene rings is 1. The second kappa shape index (κ2) is 8.38. The van der Waals surface area contributed by atoms with Gasteiger partial charge in [0.05, 0.1) is 24.8 Å². The molecule has 2 N–H and O–H groups in total. The van der Waals surface area contributed by atoms with Crippen LogP contribution in [0.25, 0.3) is 0 Å². The second-order valence-corrected chi connectivity index (χ2v) is 5.09. The van der Waals surface area contributed by atoms with Crippen molar-refractivity contribution in [3.63, 3.8) is 0 Å². The molecule has 0 aliphatic carbocycles. The standard InChI is InChI=1S/C16H22N2O4/c1-2-21-16(20)12-5-7-13(8-6-12)17-11-15(19)18-10-14-4-3-9-22-14/h5-8,14,17H,2-4,9-11H2,1H3,(H,18,19). The lowest BCUT2D eigenvalue weighted by Gasteiger charge is -2.11. The van der Waals surface area contributed by atoms with Gasteiger partial charge in [0, 0.05) is 18.8 Å². The molecule has 1 amide bonds. The van der Waals surface area contributed by atoms with Crippen LogP contribution >= 0.6 is 0 Å². The van der Waals surface area contributed by atoms with Gasteiger partial charge in [-0.3, -0.25) is 4.79 Å². The number of anilines is 1. The number of ether oxygens (including phenoxy) is 2. The summed E-state index contributed by atoms with van der Waals surface area (Å²) in [4.78, 5) is 23.2. The topological polar surface area (TPSA) is 76.7 Å². The van der Waals surface area contributed by atoms with Crippen molar-refractivity contribution in [1.82, 2.24) is 5.32 Å². The highest BCUT2D eigenvalue weighted by atomic mass is 16.5. The first kappa shape index (κ1) is 16.3. The van der Waals surface area contributed by atoms with Gasteiger partial charge in [0.15, 0.2) is 0 Å². The molecule has 6 heteroatoms. The summed E-state index contributed by atoms with van der Waals surface area (Å²) in [6.45, 7) is 3.64. The first-order valence-corrected chi connectivity index (χ1v) is 7.58. The van der Waals surface area contributed by atoms with Gasteiger partial charge < -0.3 is 20.1 Å². The molecule has 22 heavy (non-hydrogen) atoms. The molecular weight excluding hydrogens is 284 g/mol. The largest absolute Gasteiger partial charge is 0.462 e. The zero-order valence-corrected chi connectivity index (χ0v) is 12.8. The number of carbonyl (C=O) groups is 2. The molecule has 6 nitrogen and oxygen atoms in total. The highest BCUT2D eigenvalue weighted by Crippen LogP contribution is 2.11. The number of esters is 1. The summed E-state index contributed by atoms with van der Waals surface area (Å²) in [7, 11) is 0. The Morgan fingerprint density at radius 1 is 1.32 bits per heavy atom. The molecule has 1 unspecified atom stereocenters. The number of hydrogen-bond acceptors (Lipinski definition) is 5. The van der Waals surface area contributed by atoms with Crippen LogP contribution in [0.15, 0.2) is 24.3 Å². The van der Waals surface area contributed by atoms with Crippen molar-refractivity contribution in [2.75, 3.05) is 31.6 Å². The smallest absolute Gasteiger partial charge is 0.338 e. The normalized spacial score (nSPS) is 17.0. The summed E-state index contributed by atoms with van der Waals surface area (Å²) in [5.41, 5.74) is 1.27. The second-order valence-electron chi connectivity index (χ2n) is 5.09. The summed E-state index contributed by atoms with van der Waals surface area (Å²) in [6, 6.07) is 6.84. The van der Waals surface area contributed by atoms with Gasteiger partial charge in [-0.05, 0) is 44.0 Å². The molecule has 120 valence electrons. The van der Waals surface area contributed by atoms with E-state index < -0.39 is 0 Å². The molecule has 1 fully saturated rings. The van der Waals surface area contributed by atoms with Gasteiger partial charge in [-0.1, -0.05) is 0 Å². The number of rotatable bonds is 7. The average Bonchev–Trinajstić information content (AvgIpc) is 3.05. The monoisotopic (exact) mass is 306 g/mol. The van der Waals surface area contributed by atoms with Crippen molar-refractivity contribution in [2.45, 2.75) is 25.9 Å². The van der Waals surface area contributed by atoms with Gasteiger partial charge in [0.2, 0.25) is 5.91 Å². The van der Waals surface area contributed by atoms with E-state index in [0.29, 0.717) is 18.7 Å². The molecule has 0 spiro atoms. The molecule has 1 heterocycles. The Balaban J connectivity index is 1.71. The van der Waals surface area contributed by atoms with Crippen LogP contribution in [0.4, 0.5) is 5.69 Å². The Kier molecular flexibility index (Phi) is 6.21.